The minimum atomic E-state index is -0.902. The maximum absolute atomic E-state index is 12.9. The predicted octanol–water partition coefficient (Wildman–Crippen LogP) is 0.889. The lowest BCUT2D eigenvalue weighted by Crippen LogP contribution is -2.44. The molecular formula is C20H21N3O4. The molecule has 2 aromatic rings. The second kappa shape index (κ2) is 8.46. The Morgan fingerprint density at radius 3 is 2.44 bits per heavy atom. The fraction of sp³-hybridized carbons (Fsp3) is 0.250. The van der Waals surface area contributed by atoms with Gasteiger partial charge in [-0.3, -0.25) is 14.4 Å². The highest BCUT2D eigenvalue weighted by Crippen LogP contribution is 2.36. The van der Waals surface area contributed by atoms with Gasteiger partial charge in [0.15, 0.2) is 0 Å². The minimum absolute atomic E-state index is 0.0785. The zero-order valence-electron chi connectivity index (χ0n) is 14.7. The van der Waals surface area contributed by atoms with Gasteiger partial charge in [-0.05, 0) is 18.1 Å². The first-order valence-corrected chi connectivity index (χ1v) is 8.75. The Morgan fingerprint density at radius 1 is 1.00 bits per heavy atom. The molecule has 0 aliphatic carbocycles. The number of nitrogens with zero attached hydrogens (tertiary/aromatic N) is 1. The normalized spacial score (nSPS) is 15.4. The summed E-state index contributed by atoms with van der Waals surface area (Å²) in [6, 6.07) is 15.9. The number of rotatable bonds is 6. The van der Waals surface area contributed by atoms with Crippen LogP contribution in [0, 0.1) is 0 Å². The number of anilines is 1. The molecule has 7 nitrogen and oxygen atoms in total. The highest BCUT2D eigenvalue weighted by molar-refractivity contribution is 6.35. The second-order valence-corrected chi connectivity index (χ2v) is 6.21. The quantitative estimate of drug-likeness (QED) is 0.522. The van der Waals surface area contributed by atoms with Crippen molar-refractivity contribution in [1.82, 2.24) is 10.6 Å². The Morgan fingerprint density at radius 2 is 1.70 bits per heavy atom. The summed E-state index contributed by atoms with van der Waals surface area (Å²) in [6.07, 6.45) is 0.356. The Bertz CT molecular complexity index is 838. The van der Waals surface area contributed by atoms with E-state index >= 15 is 0 Å². The maximum atomic E-state index is 12.9. The number of aliphatic hydroxyl groups excluding tert-OH is 1. The molecule has 0 saturated heterocycles. The number of nitrogens with one attached hydrogen (secondary N) is 2. The van der Waals surface area contributed by atoms with Crippen LogP contribution in [0.4, 0.5) is 5.69 Å². The average Bonchev–Trinajstić information content (AvgIpc) is 2.95. The summed E-state index contributed by atoms with van der Waals surface area (Å²) in [4.78, 5) is 38.6. The van der Waals surface area contributed by atoms with Crippen molar-refractivity contribution < 1.29 is 19.5 Å². The molecular weight excluding hydrogens is 346 g/mol. The van der Waals surface area contributed by atoms with Crippen LogP contribution in [0.3, 0.4) is 0 Å². The van der Waals surface area contributed by atoms with Gasteiger partial charge in [0.25, 0.3) is 5.91 Å². The Hall–Kier alpha value is -3.19. The zero-order chi connectivity index (χ0) is 19.2. The van der Waals surface area contributed by atoms with Crippen molar-refractivity contribution in [2.24, 2.45) is 0 Å². The summed E-state index contributed by atoms with van der Waals surface area (Å²) in [6.45, 7) is 0.495. The van der Waals surface area contributed by atoms with E-state index in [0.717, 1.165) is 11.3 Å². The van der Waals surface area contributed by atoms with Gasteiger partial charge in [0.2, 0.25) is 0 Å². The highest BCUT2D eigenvalue weighted by atomic mass is 16.3. The number of hydrogen-bond donors (Lipinski definition) is 3. The van der Waals surface area contributed by atoms with Crippen LogP contribution in [0.1, 0.15) is 23.6 Å². The molecule has 0 saturated carbocycles. The molecule has 0 bridgehead atoms. The molecule has 0 fully saturated rings. The summed E-state index contributed by atoms with van der Waals surface area (Å²) in [7, 11) is 0. The third-order valence-electron chi connectivity index (χ3n) is 4.34. The highest BCUT2D eigenvalue weighted by Gasteiger charge is 2.38. The zero-order valence-corrected chi connectivity index (χ0v) is 14.7. The van der Waals surface area contributed by atoms with Gasteiger partial charge >= 0.3 is 11.8 Å². The van der Waals surface area contributed by atoms with E-state index in [0.29, 0.717) is 18.5 Å². The second-order valence-electron chi connectivity index (χ2n) is 6.21. The molecule has 1 atom stereocenters. The lowest BCUT2D eigenvalue weighted by atomic mass is 10.1. The first-order chi connectivity index (χ1) is 13.1. The van der Waals surface area contributed by atoms with Gasteiger partial charge in [0.1, 0.15) is 6.04 Å². The lowest BCUT2D eigenvalue weighted by molar-refractivity contribution is -0.140. The molecule has 0 spiro atoms. The van der Waals surface area contributed by atoms with Crippen molar-refractivity contribution in [1.29, 1.82) is 0 Å². The molecule has 2 aromatic carbocycles. The Balaban J connectivity index is 1.75. The first kappa shape index (κ1) is 18.6. The summed E-state index contributed by atoms with van der Waals surface area (Å²) in [5, 5.41) is 13.7. The largest absolute Gasteiger partial charge is 0.396 e. The van der Waals surface area contributed by atoms with Crippen LogP contribution in [0.25, 0.3) is 0 Å². The maximum Gasteiger partial charge on any atom is 0.310 e. The molecule has 7 heteroatoms. The predicted molar refractivity (Wildman–Crippen MR) is 99.7 cm³/mol. The molecule has 0 radical (unpaired) electrons. The molecule has 1 aliphatic heterocycles. The van der Waals surface area contributed by atoms with Crippen molar-refractivity contribution in [2.75, 3.05) is 18.1 Å². The number of benzene rings is 2. The van der Waals surface area contributed by atoms with Gasteiger partial charge in [-0.15, -0.1) is 0 Å². The monoisotopic (exact) mass is 367 g/mol. The van der Waals surface area contributed by atoms with Gasteiger partial charge in [0.05, 0.1) is 6.54 Å². The Kier molecular flexibility index (Phi) is 5.83. The number of carbonyl (C=O) groups is 3. The third kappa shape index (κ3) is 4.15. The average molecular weight is 367 g/mol. The molecule has 3 N–H and O–H groups in total. The Labute approximate surface area is 157 Å². The van der Waals surface area contributed by atoms with Gasteiger partial charge in [-0.2, -0.15) is 0 Å². The van der Waals surface area contributed by atoms with E-state index in [9.17, 15) is 14.4 Å². The molecule has 140 valence electrons. The number of fused-ring (bicyclic) bond motifs is 1. The number of para-hydroxylation sites is 1. The van der Waals surface area contributed by atoms with Gasteiger partial charge in [-0.1, -0.05) is 48.5 Å². The smallest absolute Gasteiger partial charge is 0.310 e. The minimum Gasteiger partial charge on any atom is -0.396 e. The van der Waals surface area contributed by atoms with Crippen LogP contribution < -0.4 is 15.5 Å². The number of amides is 3. The van der Waals surface area contributed by atoms with E-state index in [1.165, 1.54) is 0 Å². The molecule has 1 heterocycles. The van der Waals surface area contributed by atoms with Crippen molar-refractivity contribution in [3.63, 3.8) is 0 Å². The van der Waals surface area contributed by atoms with Gasteiger partial charge in [-0.25, -0.2) is 0 Å². The standard InChI is InChI=1S/C20H21N3O4/c24-12-6-11-21-18(25)19(26)22-17-15-9-4-5-10-16(15)23(20(17)27)13-14-7-2-1-3-8-14/h1-5,7-10,17,24H,6,11-13H2,(H,21,25)(H,22,26)/t17-/m0/s1. The van der Waals surface area contributed by atoms with Crippen LogP contribution in [-0.4, -0.2) is 36.0 Å². The van der Waals surface area contributed by atoms with Crippen LogP contribution in [-0.2, 0) is 20.9 Å². The summed E-state index contributed by atoms with van der Waals surface area (Å²) in [5.41, 5.74) is 2.35. The van der Waals surface area contributed by atoms with Crippen molar-refractivity contribution >= 4 is 23.4 Å². The van der Waals surface area contributed by atoms with Crippen LogP contribution in [0.15, 0.2) is 54.6 Å². The number of carbonyl (C=O) groups excluding carboxylic acids is 3. The van der Waals surface area contributed by atoms with Crippen LogP contribution in [0.5, 0.6) is 0 Å². The summed E-state index contributed by atoms with van der Waals surface area (Å²) in [5.74, 6) is -1.98. The van der Waals surface area contributed by atoms with E-state index in [1.54, 1.807) is 17.0 Å². The summed E-state index contributed by atoms with van der Waals surface area (Å²) < 4.78 is 0. The number of aliphatic hydroxyl groups is 1. The molecule has 1 aliphatic rings. The van der Waals surface area contributed by atoms with Crippen LogP contribution >= 0.6 is 0 Å². The molecule has 3 rings (SSSR count). The van der Waals surface area contributed by atoms with E-state index in [2.05, 4.69) is 10.6 Å². The van der Waals surface area contributed by atoms with Crippen molar-refractivity contribution in [2.45, 2.75) is 19.0 Å². The van der Waals surface area contributed by atoms with Crippen molar-refractivity contribution in [3.05, 3.63) is 65.7 Å². The van der Waals surface area contributed by atoms with Crippen LogP contribution in [0.2, 0.25) is 0 Å². The molecule has 3 amide bonds. The fourth-order valence-corrected chi connectivity index (χ4v) is 3.01. The molecule has 0 aromatic heterocycles. The lowest BCUT2D eigenvalue weighted by Gasteiger charge is -2.18. The van der Waals surface area contributed by atoms with Gasteiger partial charge in [0, 0.05) is 24.4 Å². The topological polar surface area (TPSA) is 98.7 Å². The van der Waals surface area contributed by atoms with E-state index in [-0.39, 0.29) is 19.1 Å². The van der Waals surface area contributed by atoms with Crippen molar-refractivity contribution in [3.8, 4) is 0 Å². The van der Waals surface area contributed by atoms with E-state index in [4.69, 9.17) is 5.11 Å². The first-order valence-electron chi connectivity index (χ1n) is 8.75. The number of hydrogen-bond acceptors (Lipinski definition) is 4. The third-order valence-corrected chi connectivity index (χ3v) is 4.34. The van der Waals surface area contributed by atoms with Gasteiger partial charge < -0.3 is 20.6 Å². The van der Waals surface area contributed by atoms with E-state index < -0.39 is 17.9 Å². The molecule has 27 heavy (non-hydrogen) atoms. The SMILES string of the molecule is O=C(NCCCO)C(=O)N[C@@H]1C(=O)N(Cc2ccccc2)c2ccccc21. The summed E-state index contributed by atoms with van der Waals surface area (Å²) >= 11 is 0. The fourth-order valence-electron chi connectivity index (χ4n) is 3.01. The van der Waals surface area contributed by atoms with E-state index in [1.807, 2.05) is 42.5 Å². The molecule has 0 unspecified atom stereocenters.